The smallest absolute Gasteiger partial charge is 0.265 e. The summed E-state index contributed by atoms with van der Waals surface area (Å²) in [6, 6.07) is 8.52. The van der Waals surface area contributed by atoms with Gasteiger partial charge in [-0.25, -0.2) is 0 Å². The minimum atomic E-state index is 0.0522. The summed E-state index contributed by atoms with van der Waals surface area (Å²) < 4.78 is 1.07. The Kier molecular flexibility index (Phi) is 3.71. The van der Waals surface area contributed by atoms with Gasteiger partial charge in [-0.2, -0.15) is 0 Å². The van der Waals surface area contributed by atoms with Crippen molar-refractivity contribution in [3.05, 3.63) is 34.2 Å². The third kappa shape index (κ3) is 2.43. The quantitative estimate of drug-likeness (QED) is 0.876. The number of thiophene rings is 1. The molecule has 1 saturated heterocycles. The van der Waals surface area contributed by atoms with Crippen molar-refractivity contribution >= 4 is 38.9 Å². The molecule has 1 aliphatic rings. The summed E-state index contributed by atoms with van der Waals surface area (Å²) >= 11 is 7.88. The fourth-order valence-electron chi connectivity index (χ4n) is 2.79. The van der Waals surface area contributed by atoms with Crippen LogP contribution in [0.3, 0.4) is 0 Å². The lowest BCUT2D eigenvalue weighted by molar-refractivity contribution is 0.0679. The monoisotopic (exact) mass is 308 g/mol. The Hall–Kier alpha value is -1.10. The van der Waals surface area contributed by atoms with Crippen LogP contribution >= 0.6 is 22.9 Å². The van der Waals surface area contributed by atoms with Crippen LogP contribution in [0, 0.1) is 0 Å². The van der Waals surface area contributed by atoms with E-state index in [-0.39, 0.29) is 5.91 Å². The number of halogens is 1. The van der Waals surface area contributed by atoms with E-state index in [0.717, 1.165) is 23.2 Å². The molecule has 2 atom stereocenters. The lowest BCUT2D eigenvalue weighted by atomic mass is 10.1. The van der Waals surface area contributed by atoms with Gasteiger partial charge in [0.25, 0.3) is 5.91 Å². The third-order valence-electron chi connectivity index (χ3n) is 3.57. The number of piperazine rings is 1. The van der Waals surface area contributed by atoms with Crippen LogP contribution < -0.4 is 5.32 Å². The summed E-state index contributed by atoms with van der Waals surface area (Å²) in [6.07, 6.45) is 0. The molecule has 1 N–H and O–H groups in total. The van der Waals surface area contributed by atoms with Gasteiger partial charge in [0.15, 0.2) is 0 Å². The molecule has 1 amide bonds. The van der Waals surface area contributed by atoms with Crippen molar-refractivity contribution in [3.8, 4) is 0 Å². The van der Waals surface area contributed by atoms with Gasteiger partial charge in [0.05, 0.1) is 5.02 Å². The molecule has 2 heterocycles. The first-order valence-electron chi connectivity index (χ1n) is 6.78. The van der Waals surface area contributed by atoms with E-state index in [0.29, 0.717) is 22.0 Å². The fraction of sp³-hybridized carbons (Fsp3) is 0.400. The number of nitrogens with one attached hydrogen (secondary N) is 1. The number of benzene rings is 1. The summed E-state index contributed by atoms with van der Waals surface area (Å²) in [6.45, 7) is 5.66. The Morgan fingerprint density at radius 2 is 1.95 bits per heavy atom. The number of rotatable bonds is 1. The zero-order valence-electron chi connectivity index (χ0n) is 11.5. The number of hydrogen-bond donors (Lipinski definition) is 1. The second-order valence-corrected chi connectivity index (χ2v) is 6.85. The van der Waals surface area contributed by atoms with Gasteiger partial charge in [-0.05, 0) is 19.9 Å². The normalized spacial score (nSPS) is 23.2. The largest absolute Gasteiger partial charge is 0.335 e. The number of nitrogens with zero attached hydrogens (tertiary/aromatic N) is 1. The zero-order chi connectivity index (χ0) is 14.3. The molecule has 0 spiro atoms. The molecule has 0 bridgehead atoms. The Bertz CT molecular complexity index is 644. The molecule has 5 heteroatoms. The Morgan fingerprint density at radius 1 is 1.30 bits per heavy atom. The number of carbonyl (C=O) groups is 1. The lowest BCUT2D eigenvalue weighted by Gasteiger charge is -2.36. The highest BCUT2D eigenvalue weighted by atomic mass is 35.5. The molecule has 106 valence electrons. The standard InChI is InChI=1S/C15H17ClN2OS/c1-9-7-18(8-10(2)17-9)15(19)14-13(16)11-5-3-4-6-12(11)20-14/h3-6,9-10,17H,7-8H2,1-2H3. The van der Waals surface area contributed by atoms with Gasteiger partial charge in [0.1, 0.15) is 4.88 Å². The van der Waals surface area contributed by atoms with Crippen LogP contribution in [0.15, 0.2) is 24.3 Å². The molecule has 2 aromatic rings. The van der Waals surface area contributed by atoms with Crippen molar-refractivity contribution < 1.29 is 4.79 Å². The maximum absolute atomic E-state index is 12.7. The van der Waals surface area contributed by atoms with Gasteiger partial charge in [-0.3, -0.25) is 4.79 Å². The highest BCUT2D eigenvalue weighted by molar-refractivity contribution is 7.21. The molecule has 0 saturated carbocycles. The van der Waals surface area contributed by atoms with Gasteiger partial charge < -0.3 is 10.2 Å². The first-order valence-corrected chi connectivity index (χ1v) is 7.98. The topological polar surface area (TPSA) is 32.3 Å². The van der Waals surface area contributed by atoms with Crippen molar-refractivity contribution in [1.82, 2.24) is 10.2 Å². The molecule has 0 radical (unpaired) electrons. The summed E-state index contributed by atoms with van der Waals surface area (Å²) in [7, 11) is 0. The van der Waals surface area contributed by atoms with Crippen molar-refractivity contribution in [2.75, 3.05) is 13.1 Å². The molecule has 2 unspecified atom stereocenters. The Morgan fingerprint density at radius 3 is 2.60 bits per heavy atom. The number of amides is 1. The van der Waals surface area contributed by atoms with Crippen molar-refractivity contribution in [1.29, 1.82) is 0 Å². The van der Waals surface area contributed by atoms with Crippen LogP contribution in [0.1, 0.15) is 23.5 Å². The van der Waals surface area contributed by atoms with Crippen LogP contribution in [0.25, 0.3) is 10.1 Å². The molecule has 3 nitrogen and oxygen atoms in total. The highest BCUT2D eigenvalue weighted by Gasteiger charge is 2.28. The van der Waals surface area contributed by atoms with Crippen LogP contribution in [-0.2, 0) is 0 Å². The van der Waals surface area contributed by atoms with Gasteiger partial charge in [-0.1, -0.05) is 29.8 Å². The summed E-state index contributed by atoms with van der Waals surface area (Å²) in [4.78, 5) is 15.3. The second kappa shape index (κ2) is 5.35. The van der Waals surface area contributed by atoms with Crippen LogP contribution in [0.5, 0.6) is 0 Å². The SMILES string of the molecule is CC1CN(C(=O)c2sc3ccccc3c2Cl)CC(C)N1. The van der Waals surface area contributed by atoms with Crippen molar-refractivity contribution in [2.24, 2.45) is 0 Å². The van der Waals surface area contributed by atoms with Crippen molar-refractivity contribution in [3.63, 3.8) is 0 Å². The molecule has 1 aromatic heterocycles. The van der Waals surface area contributed by atoms with Crippen LogP contribution in [-0.4, -0.2) is 36.0 Å². The Balaban J connectivity index is 1.94. The Labute approximate surface area is 127 Å². The van der Waals surface area contributed by atoms with E-state index in [1.54, 1.807) is 0 Å². The minimum Gasteiger partial charge on any atom is -0.335 e. The van der Waals surface area contributed by atoms with Crippen LogP contribution in [0.2, 0.25) is 5.02 Å². The molecule has 1 fully saturated rings. The average molecular weight is 309 g/mol. The predicted octanol–water partition coefficient (Wildman–Crippen LogP) is 3.38. The zero-order valence-corrected chi connectivity index (χ0v) is 13.1. The third-order valence-corrected chi connectivity index (χ3v) is 5.24. The van der Waals surface area contributed by atoms with Gasteiger partial charge in [0, 0.05) is 35.3 Å². The summed E-state index contributed by atoms with van der Waals surface area (Å²) in [5.41, 5.74) is 0. The minimum absolute atomic E-state index is 0.0522. The second-order valence-electron chi connectivity index (χ2n) is 5.42. The average Bonchev–Trinajstić information content (AvgIpc) is 2.75. The molecule has 1 aliphatic heterocycles. The van der Waals surface area contributed by atoms with E-state index in [1.807, 2.05) is 29.2 Å². The first kappa shape index (κ1) is 13.9. The summed E-state index contributed by atoms with van der Waals surface area (Å²) in [5.74, 6) is 0.0522. The lowest BCUT2D eigenvalue weighted by Crippen LogP contribution is -2.55. The molecular formula is C15H17ClN2OS. The van der Waals surface area contributed by atoms with E-state index in [2.05, 4.69) is 19.2 Å². The first-order chi connectivity index (χ1) is 9.56. The summed E-state index contributed by atoms with van der Waals surface area (Å²) in [5, 5.41) is 5.00. The van der Waals surface area contributed by atoms with Crippen molar-refractivity contribution in [2.45, 2.75) is 25.9 Å². The maximum atomic E-state index is 12.7. The number of hydrogen-bond acceptors (Lipinski definition) is 3. The van der Waals surface area contributed by atoms with E-state index in [1.165, 1.54) is 11.3 Å². The fourth-order valence-corrected chi connectivity index (χ4v) is 4.27. The van der Waals surface area contributed by atoms with E-state index < -0.39 is 0 Å². The molecule has 1 aromatic carbocycles. The van der Waals surface area contributed by atoms with Crippen LogP contribution in [0.4, 0.5) is 0 Å². The highest BCUT2D eigenvalue weighted by Crippen LogP contribution is 2.36. The molecular weight excluding hydrogens is 292 g/mol. The number of fused-ring (bicyclic) bond motifs is 1. The molecule has 0 aliphatic carbocycles. The van der Waals surface area contributed by atoms with E-state index >= 15 is 0 Å². The molecule has 20 heavy (non-hydrogen) atoms. The predicted molar refractivity (Wildman–Crippen MR) is 84.8 cm³/mol. The van der Waals surface area contributed by atoms with E-state index in [9.17, 15) is 4.79 Å². The van der Waals surface area contributed by atoms with Gasteiger partial charge in [-0.15, -0.1) is 11.3 Å². The molecule has 3 rings (SSSR count). The number of carbonyl (C=O) groups excluding carboxylic acids is 1. The maximum Gasteiger partial charge on any atom is 0.265 e. The van der Waals surface area contributed by atoms with Gasteiger partial charge in [0.2, 0.25) is 0 Å². The van der Waals surface area contributed by atoms with Gasteiger partial charge >= 0.3 is 0 Å². The van der Waals surface area contributed by atoms with E-state index in [4.69, 9.17) is 11.6 Å².